The molecule has 1 aliphatic heterocycles. The molecule has 0 atom stereocenters. The van der Waals surface area contributed by atoms with Gasteiger partial charge in [-0.3, -0.25) is 4.90 Å². The molecule has 0 spiro atoms. The maximum atomic E-state index is 12.7. The number of hydrogen-bond acceptors (Lipinski definition) is 2. The van der Waals surface area contributed by atoms with E-state index in [2.05, 4.69) is 17.5 Å². The van der Waals surface area contributed by atoms with E-state index in [-0.39, 0.29) is 0 Å². The molecule has 0 aliphatic carbocycles. The van der Waals surface area contributed by atoms with Crippen LogP contribution in [0.3, 0.4) is 0 Å². The quantitative estimate of drug-likeness (QED) is 0.728. The molecule has 0 bridgehead atoms. The molecule has 2 nitrogen and oxygen atoms in total. The fourth-order valence-corrected chi connectivity index (χ4v) is 3.26. The minimum absolute atomic E-state index is 0.640. The molecule has 0 radical (unpaired) electrons. The highest BCUT2D eigenvalue weighted by Gasteiger charge is 2.30. The van der Waals surface area contributed by atoms with Crippen molar-refractivity contribution in [2.45, 2.75) is 19.1 Å². The molecular formula is C20H20F3NO. The Morgan fingerprint density at radius 2 is 1.88 bits per heavy atom. The molecular weight excluding hydrogens is 327 g/mol. The van der Waals surface area contributed by atoms with Gasteiger partial charge in [-0.15, -0.1) is 6.58 Å². The minimum atomic E-state index is -4.32. The molecule has 0 saturated heterocycles. The van der Waals surface area contributed by atoms with E-state index in [0.717, 1.165) is 60.6 Å². The minimum Gasteiger partial charge on any atom is -0.496 e. The average Bonchev–Trinajstić information content (AvgIpc) is 2.60. The molecule has 5 heteroatoms. The van der Waals surface area contributed by atoms with Crippen molar-refractivity contribution in [1.29, 1.82) is 0 Å². The third kappa shape index (κ3) is 3.71. The van der Waals surface area contributed by atoms with Crippen LogP contribution in [0.4, 0.5) is 13.2 Å². The maximum absolute atomic E-state index is 12.7. The summed E-state index contributed by atoms with van der Waals surface area (Å²) in [6.45, 7) is 6.31. The summed E-state index contributed by atoms with van der Waals surface area (Å²) in [6, 6.07) is 9.21. The van der Waals surface area contributed by atoms with Gasteiger partial charge in [0, 0.05) is 19.6 Å². The molecule has 0 saturated carbocycles. The van der Waals surface area contributed by atoms with Crippen LogP contribution in [0.5, 0.6) is 5.75 Å². The van der Waals surface area contributed by atoms with Crippen molar-refractivity contribution in [3.8, 4) is 16.9 Å². The smallest absolute Gasteiger partial charge is 0.416 e. The highest BCUT2D eigenvalue weighted by atomic mass is 19.4. The van der Waals surface area contributed by atoms with Gasteiger partial charge in [-0.25, -0.2) is 0 Å². The Labute approximate surface area is 145 Å². The molecule has 0 unspecified atom stereocenters. The van der Waals surface area contributed by atoms with Crippen LogP contribution in [0.1, 0.15) is 16.7 Å². The predicted molar refractivity (Wildman–Crippen MR) is 92.6 cm³/mol. The molecule has 0 aromatic heterocycles. The topological polar surface area (TPSA) is 12.5 Å². The Morgan fingerprint density at radius 1 is 1.16 bits per heavy atom. The first-order chi connectivity index (χ1) is 11.9. The summed E-state index contributed by atoms with van der Waals surface area (Å²) in [5.74, 6) is 0.797. The van der Waals surface area contributed by atoms with Gasteiger partial charge in [-0.1, -0.05) is 18.2 Å². The summed E-state index contributed by atoms with van der Waals surface area (Å²) in [7, 11) is 1.63. The lowest BCUT2D eigenvalue weighted by Crippen LogP contribution is -2.30. The van der Waals surface area contributed by atoms with Crippen LogP contribution in [0.2, 0.25) is 0 Å². The summed E-state index contributed by atoms with van der Waals surface area (Å²) in [6.07, 6.45) is -1.56. The van der Waals surface area contributed by atoms with Gasteiger partial charge in [0.25, 0.3) is 0 Å². The molecule has 0 amide bonds. The van der Waals surface area contributed by atoms with Gasteiger partial charge < -0.3 is 4.74 Å². The molecule has 25 heavy (non-hydrogen) atoms. The lowest BCUT2D eigenvalue weighted by atomic mass is 9.93. The van der Waals surface area contributed by atoms with E-state index in [4.69, 9.17) is 4.74 Å². The van der Waals surface area contributed by atoms with Crippen LogP contribution in [-0.2, 0) is 19.1 Å². The Bertz CT molecular complexity index is 766. The number of nitrogens with zero attached hydrogens (tertiary/aromatic N) is 1. The van der Waals surface area contributed by atoms with Crippen molar-refractivity contribution < 1.29 is 17.9 Å². The monoisotopic (exact) mass is 347 g/mol. The zero-order chi connectivity index (χ0) is 18.0. The van der Waals surface area contributed by atoms with E-state index in [0.29, 0.717) is 0 Å². The second-order valence-corrected chi connectivity index (χ2v) is 6.17. The molecule has 0 N–H and O–H groups in total. The number of alkyl halides is 3. The first-order valence-electron chi connectivity index (χ1n) is 8.13. The van der Waals surface area contributed by atoms with Crippen molar-refractivity contribution in [2.75, 3.05) is 20.2 Å². The zero-order valence-electron chi connectivity index (χ0n) is 14.1. The number of hydrogen-bond donors (Lipinski definition) is 0. The number of fused-ring (bicyclic) bond motifs is 1. The lowest BCUT2D eigenvalue weighted by Gasteiger charge is -2.29. The van der Waals surface area contributed by atoms with Gasteiger partial charge in [-0.05, 0) is 52.9 Å². The van der Waals surface area contributed by atoms with E-state index in [9.17, 15) is 13.2 Å². The molecule has 0 fully saturated rings. The zero-order valence-corrected chi connectivity index (χ0v) is 14.1. The second kappa shape index (κ2) is 6.92. The molecule has 3 rings (SSSR count). The van der Waals surface area contributed by atoms with Crippen LogP contribution < -0.4 is 4.74 Å². The summed E-state index contributed by atoms with van der Waals surface area (Å²) in [5.41, 5.74) is 3.30. The van der Waals surface area contributed by atoms with Crippen LogP contribution in [-0.4, -0.2) is 25.1 Å². The van der Waals surface area contributed by atoms with E-state index in [1.54, 1.807) is 7.11 Å². The highest BCUT2D eigenvalue weighted by molar-refractivity contribution is 5.68. The van der Waals surface area contributed by atoms with E-state index in [1.165, 1.54) is 17.7 Å². The van der Waals surface area contributed by atoms with Crippen LogP contribution in [0, 0.1) is 0 Å². The van der Waals surface area contributed by atoms with Gasteiger partial charge >= 0.3 is 6.18 Å². The van der Waals surface area contributed by atoms with Crippen LogP contribution >= 0.6 is 0 Å². The van der Waals surface area contributed by atoms with Crippen molar-refractivity contribution in [3.63, 3.8) is 0 Å². The normalized spacial score (nSPS) is 14.9. The van der Waals surface area contributed by atoms with Crippen molar-refractivity contribution in [2.24, 2.45) is 0 Å². The molecule has 1 heterocycles. The van der Waals surface area contributed by atoms with Crippen molar-refractivity contribution in [3.05, 3.63) is 65.7 Å². The predicted octanol–water partition coefficient (Wildman–Crippen LogP) is 4.93. The van der Waals surface area contributed by atoms with E-state index >= 15 is 0 Å². The molecule has 2 aromatic carbocycles. The van der Waals surface area contributed by atoms with E-state index < -0.39 is 11.7 Å². The summed E-state index contributed by atoms with van der Waals surface area (Å²) in [4.78, 5) is 2.28. The Balaban J connectivity index is 1.97. The average molecular weight is 347 g/mol. The number of benzene rings is 2. The van der Waals surface area contributed by atoms with Crippen molar-refractivity contribution in [1.82, 2.24) is 4.90 Å². The van der Waals surface area contributed by atoms with Crippen molar-refractivity contribution >= 4 is 0 Å². The van der Waals surface area contributed by atoms with Crippen LogP contribution in [0.15, 0.2) is 49.1 Å². The largest absolute Gasteiger partial charge is 0.496 e. The fourth-order valence-electron chi connectivity index (χ4n) is 3.26. The second-order valence-electron chi connectivity index (χ2n) is 6.17. The van der Waals surface area contributed by atoms with Gasteiger partial charge in [0.2, 0.25) is 0 Å². The van der Waals surface area contributed by atoms with Gasteiger partial charge in [0.15, 0.2) is 0 Å². The summed E-state index contributed by atoms with van der Waals surface area (Å²) < 4.78 is 43.8. The molecule has 2 aromatic rings. The SMILES string of the molecule is C=CCN1CCc2c(cc(-c3ccc(C(F)(F)F)cc3)cc2OC)C1. The number of rotatable bonds is 4. The third-order valence-corrected chi connectivity index (χ3v) is 4.53. The van der Waals surface area contributed by atoms with Gasteiger partial charge in [-0.2, -0.15) is 13.2 Å². The summed E-state index contributed by atoms with van der Waals surface area (Å²) >= 11 is 0. The molecule has 132 valence electrons. The molecule has 1 aliphatic rings. The van der Waals surface area contributed by atoms with E-state index in [1.807, 2.05) is 12.1 Å². The Morgan fingerprint density at radius 3 is 2.48 bits per heavy atom. The first kappa shape index (κ1) is 17.5. The fraction of sp³-hybridized carbons (Fsp3) is 0.300. The first-order valence-corrected chi connectivity index (χ1v) is 8.13. The van der Waals surface area contributed by atoms with Crippen LogP contribution in [0.25, 0.3) is 11.1 Å². The maximum Gasteiger partial charge on any atom is 0.416 e. The standard InChI is InChI=1S/C20H20F3NO/c1-3-9-24-10-8-18-16(13-24)11-15(12-19(18)25-2)14-4-6-17(7-5-14)20(21,22)23/h3-7,11-12H,1,8-10,13H2,2H3. The number of halogens is 3. The lowest BCUT2D eigenvalue weighted by molar-refractivity contribution is -0.137. The van der Waals surface area contributed by atoms with Gasteiger partial charge in [0.1, 0.15) is 5.75 Å². The third-order valence-electron chi connectivity index (χ3n) is 4.53. The summed E-state index contributed by atoms with van der Waals surface area (Å²) in [5, 5.41) is 0. The Hall–Kier alpha value is -2.27. The number of methoxy groups -OCH3 is 1. The van der Waals surface area contributed by atoms with Gasteiger partial charge in [0.05, 0.1) is 12.7 Å². The Kier molecular flexibility index (Phi) is 4.86. The highest BCUT2D eigenvalue weighted by Crippen LogP contribution is 2.35. The number of ether oxygens (including phenoxy) is 1.